The summed E-state index contributed by atoms with van der Waals surface area (Å²) in [6, 6.07) is 5.44. The molecule has 0 aliphatic carbocycles. The molecule has 2 atom stereocenters. The summed E-state index contributed by atoms with van der Waals surface area (Å²) < 4.78 is 13.7. The molecule has 2 fully saturated rings. The van der Waals surface area contributed by atoms with Crippen molar-refractivity contribution >= 4 is 16.9 Å². The summed E-state index contributed by atoms with van der Waals surface area (Å²) >= 11 is 0. The predicted molar refractivity (Wildman–Crippen MR) is 71.6 cm³/mol. The highest BCUT2D eigenvalue weighted by atomic mass is 19.1. The van der Waals surface area contributed by atoms with Gasteiger partial charge in [0.1, 0.15) is 11.3 Å². The molecular formula is C14H15FN4. The Bertz CT molecular complexity index is 630. The Morgan fingerprint density at radius 1 is 1.37 bits per heavy atom. The van der Waals surface area contributed by atoms with Gasteiger partial charge < -0.3 is 10.2 Å². The van der Waals surface area contributed by atoms with Crippen LogP contribution in [0.25, 0.3) is 11.0 Å². The van der Waals surface area contributed by atoms with Gasteiger partial charge in [0, 0.05) is 19.1 Å². The SMILES string of the molecule is Fc1cccc2ncc(N3CC[C@@H]4CN[C@@H]4C3)nc12. The minimum absolute atomic E-state index is 0.302. The maximum Gasteiger partial charge on any atom is 0.151 e. The van der Waals surface area contributed by atoms with Gasteiger partial charge in [0.2, 0.25) is 0 Å². The minimum Gasteiger partial charge on any atom is -0.354 e. The van der Waals surface area contributed by atoms with E-state index in [1.807, 2.05) is 0 Å². The smallest absolute Gasteiger partial charge is 0.151 e. The Labute approximate surface area is 110 Å². The quantitative estimate of drug-likeness (QED) is 0.843. The van der Waals surface area contributed by atoms with Gasteiger partial charge in [-0.15, -0.1) is 0 Å². The Kier molecular flexibility index (Phi) is 2.41. The van der Waals surface area contributed by atoms with Crippen molar-refractivity contribution < 1.29 is 4.39 Å². The van der Waals surface area contributed by atoms with Gasteiger partial charge in [0.25, 0.3) is 0 Å². The summed E-state index contributed by atoms with van der Waals surface area (Å²) in [7, 11) is 0. The van der Waals surface area contributed by atoms with E-state index in [2.05, 4.69) is 20.2 Å². The number of fused-ring (bicyclic) bond motifs is 2. The standard InChI is InChI=1S/C14H15FN4/c15-10-2-1-3-11-14(10)18-13(7-17-11)19-5-4-9-6-16-12(9)8-19/h1-3,7,9,12,16H,4-6,8H2/t9-,12-/m1/s1. The van der Waals surface area contributed by atoms with Crippen molar-refractivity contribution in [2.24, 2.45) is 5.92 Å². The summed E-state index contributed by atoms with van der Waals surface area (Å²) in [6.07, 6.45) is 2.93. The molecule has 2 aliphatic rings. The molecule has 1 aromatic heterocycles. The molecule has 0 radical (unpaired) electrons. The van der Waals surface area contributed by atoms with Crippen molar-refractivity contribution in [2.75, 3.05) is 24.5 Å². The van der Waals surface area contributed by atoms with Crippen molar-refractivity contribution in [3.05, 3.63) is 30.2 Å². The van der Waals surface area contributed by atoms with Crippen LogP contribution in [0, 0.1) is 11.7 Å². The summed E-state index contributed by atoms with van der Waals surface area (Å²) in [5.41, 5.74) is 0.976. The van der Waals surface area contributed by atoms with Crippen molar-refractivity contribution in [3.8, 4) is 0 Å². The third kappa shape index (κ3) is 1.76. The van der Waals surface area contributed by atoms with E-state index >= 15 is 0 Å². The topological polar surface area (TPSA) is 41.1 Å². The number of nitrogens with zero attached hydrogens (tertiary/aromatic N) is 3. The molecule has 5 heteroatoms. The second-order valence-corrected chi connectivity index (χ2v) is 5.35. The number of benzene rings is 1. The Balaban J connectivity index is 1.69. The van der Waals surface area contributed by atoms with Crippen LogP contribution < -0.4 is 10.2 Å². The molecule has 2 aliphatic heterocycles. The molecule has 0 bridgehead atoms. The number of aromatic nitrogens is 2. The molecule has 0 spiro atoms. The van der Waals surface area contributed by atoms with Gasteiger partial charge >= 0.3 is 0 Å². The van der Waals surface area contributed by atoms with Crippen LogP contribution in [0.4, 0.5) is 10.2 Å². The van der Waals surface area contributed by atoms with Gasteiger partial charge in [-0.05, 0) is 31.0 Å². The second kappa shape index (κ2) is 4.13. The number of para-hydroxylation sites is 1. The molecule has 2 saturated heterocycles. The van der Waals surface area contributed by atoms with E-state index < -0.39 is 0 Å². The molecule has 4 rings (SSSR count). The van der Waals surface area contributed by atoms with Crippen LogP contribution in [0.2, 0.25) is 0 Å². The molecule has 0 amide bonds. The van der Waals surface area contributed by atoms with E-state index in [0.29, 0.717) is 17.1 Å². The zero-order valence-corrected chi connectivity index (χ0v) is 10.5. The molecule has 98 valence electrons. The highest BCUT2D eigenvalue weighted by Gasteiger charge is 2.35. The number of rotatable bonds is 1. The fourth-order valence-corrected chi connectivity index (χ4v) is 2.97. The zero-order valence-electron chi connectivity index (χ0n) is 10.5. The molecule has 0 unspecified atom stereocenters. The first-order valence-electron chi connectivity index (χ1n) is 6.71. The molecular weight excluding hydrogens is 243 g/mol. The molecule has 0 saturated carbocycles. The number of piperidine rings is 1. The second-order valence-electron chi connectivity index (χ2n) is 5.35. The first kappa shape index (κ1) is 11.1. The monoisotopic (exact) mass is 258 g/mol. The summed E-state index contributed by atoms with van der Waals surface area (Å²) in [6.45, 7) is 3.06. The Morgan fingerprint density at radius 3 is 3.11 bits per heavy atom. The fraction of sp³-hybridized carbons (Fsp3) is 0.429. The van der Waals surface area contributed by atoms with E-state index in [9.17, 15) is 4.39 Å². The van der Waals surface area contributed by atoms with Crippen LogP contribution in [0.15, 0.2) is 24.4 Å². The van der Waals surface area contributed by atoms with Crippen LogP contribution >= 0.6 is 0 Å². The van der Waals surface area contributed by atoms with E-state index in [1.165, 1.54) is 12.5 Å². The first-order valence-corrected chi connectivity index (χ1v) is 6.71. The molecule has 1 N–H and O–H groups in total. The van der Waals surface area contributed by atoms with Crippen LogP contribution in [0.1, 0.15) is 6.42 Å². The zero-order chi connectivity index (χ0) is 12.8. The average Bonchev–Trinajstić information content (AvgIpc) is 2.41. The van der Waals surface area contributed by atoms with E-state index in [4.69, 9.17) is 0 Å². The maximum absolute atomic E-state index is 13.7. The summed E-state index contributed by atoms with van der Waals surface area (Å²) in [4.78, 5) is 11.0. The molecule has 19 heavy (non-hydrogen) atoms. The third-order valence-corrected chi connectivity index (χ3v) is 4.23. The van der Waals surface area contributed by atoms with Crippen molar-refractivity contribution in [1.29, 1.82) is 0 Å². The normalized spacial score (nSPS) is 26.1. The number of nitrogens with one attached hydrogen (secondary N) is 1. The van der Waals surface area contributed by atoms with Gasteiger partial charge in [-0.2, -0.15) is 0 Å². The van der Waals surface area contributed by atoms with Crippen molar-refractivity contribution in [1.82, 2.24) is 15.3 Å². The predicted octanol–water partition coefficient (Wildman–Crippen LogP) is 1.57. The molecule has 2 aromatic rings. The fourth-order valence-electron chi connectivity index (χ4n) is 2.97. The number of anilines is 1. The van der Waals surface area contributed by atoms with Crippen molar-refractivity contribution in [3.63, 3.8) is 0 Å². The molecule has 4 nitrogen and oxygen atoms in total. The molecule has 1 aromatic carbocycles. The lowest BCUT2D eigenvalue weighted by atomic mass is 9.85. The lowest BCUT2D eigenvalue weighted by molar-refractivity contribution is 0.196. The maximum atomic E-state index is 13.7. The lowest BCUT2D eigenvalue weighted by Gasteiger charge is -2.46. The molecule has 3 heterocycles. The van der Waals surface area contributed by atoms with Gasteiger partial charge in [-0.3, -0.25) is 4.98 Å². The van der Waals surface area contributed by atoms with Crippen molar-refractivity contribution in [2.45, 2.75) is 12.5 Å². The van der Waals surface area contributed by atoms with E-state index in [-0.39, 0.29) is 5.82 Å². The van der Waals surface area contributed by atoms with Crippen LogP contribution in [-0.4, -0.2) is 35.6 Å². The minimum atomic E-state index is -0.302. The van der Waals surface area contributed by atoms with Crippen LogP contribution in [-0.2, 0) is 0 Å². The van der Waals surface area contributed by atoms with Gasteiger partial charge in [-0.25, -0.2) is 9.37 Å². The average molecular weight is 258 g/mol. The van der Waals surface area contributed by atoms with Gasteiger partial charge in [0.15, 0.2) is 5.82 Å². The first-order chi connectivity index (χ1) is 9.31. The van der Waals surface area contributed by atoms with Crippen LogP contribution in [0.3, 0.4) is 0 Å². The van der Waals surface area contributed by atoms with Gasteiger partial charge in [-0.1, -0.05) is 6.07 Å². The highest BCUT2D eigenvalue weighted by Crippen LogP contribution is 2.27. The highest BCUT2D eigenvalue weighted by molar-refractivity contribution is 5.76. The largest absolute Gasteiger partial charge is 0.354 e. The lowest BCUT2D eigenvalue weighted by Crippen LogP contribution is -2.62. The van der Waals surface area contributed by atoms with E-state index in [0.717, 1.165) is 31.4 Å². The number of halogens is 1. The Morgan fingerprint density at radius 2 is 2.32 bits per heavy atom. The number of hydrogen-bond donors (Lipinski definition) is 1. The number of hydrogen-bond acceptors (Lipinski definition) is 4. The van der Waals surface area contributed by atoms with E-state index in [1.54, 1.807) is 18.3 Å². The summed E-state index contributed by atoms with van der Waals surface area (Å²) in [5.74, 6) is 1.29. The van der Waals surface area contributed by atoms with Crippen LogP contribution in [0.5, 0.6) is 0 Å². The van der Waals surface area contributed by atoms with Gasteiger partial charge in [0.05, 0.1) is 11.7 Å². The summed E-state index contributed by atoms with van der Waals surface area (Å²) in [5, 5.41) is 3.43. The third-order valence-electron chi connectivity index (χ3n) is 4.23. The Hall–Kier alpha value is -1.75.